The number of carbonyl (C=O) groups is 2. The second kappa shape index (κ2) is 11.4. The van der Waals surface area contributed by atoms with Crippen molar-refractivity contribution in [3.05, 3.63) is 88.2 Å². The van der Waals surface area contributed by atoms with Gasteiger partial charge < -0.3 is 15.2 Å². The molecule has 0 aliphatic heterocycles. The molecule has 3 aromatic carbocycles. The summed E-state index contributed by atoms with van der Waals surface area (Å²) < 4.78 is 0. The molecule has 0 unspecified atom stereocenters. The van der Waals surface area contributed by atoms with Crippen molar-refractivity contribution < 1.29 is 9.59 Å². The van der Waals surface area contributed by atoms with Gasteiger partial charge in [-0.15, -0.1) is 0 Å². The molecule has 0 spiro atoms. The molecule has 4 aromatic rings. The summed E-state index contributed by atoms with van der Waals surface area (Å²) in [5.74, 6) is 0.766. The van der Waals surface area contributed by atoms with Gasteiger partial charge >= 0.3 is 0 Å². The molecule has 2 N–H and O–H groups in total. The minimum absolute atomic E-state index is 0.0199. The number of H-pyrrole nitrogens is 1. The van der Waals surface area contributed by atoms with E-state index in [1.165, 1.54) is 0 Å². The van der Waals surface area contributed by atoms with Crippen LogP contribution >= 0.6 is 0 Å². The Kier molecular flexibility index (Phi) is 8.24. The van der Waals surface area contributed by atoms with Crippen LogP contribution in [0.2, 0.25) is 0 Å². The second-order valence-electron chi connectivity index (χ2n) is 11.4. The Labute approximate surface area is 231 Å². The third-order valence-corrected chi connectivity index (χ3v) is 6.89. The number of aromatic amines is 1. The van der Waals surface area contributed by atoms with Crippen molar-refractivity contribution in [3.8, 4) is 11.1 Å². The number of rotatable bonds is 8. The molecule has 0 atom stereocenters. The quantitative estimate of drug-likeness (QED) is 0.261. The van der Waals surface area contributed by atoms with Crippen LogP contribution in [0, 0.1) is 13.8 Å². The number of nitrogens with zero attached hydrogens (tertiary/aromatic N) is 2. The van der Waals surface area contributed by atoms with E-state index in [2.05, 4.69) is 59.5 Å². The maximum atomic E-state index is 13.7. The van der Waals surface area contributed by atoms with E-state index in [1.54, 1.807) is 12.1 Å². The molecule has 0 saturated heterocycles. The first kappa shape index (κ1) is 28.1. The number of amides is 2. The maximum Gasteiger partial charge on any atom is 0.254 e. The number of aryl methyl sites for hydroxylation is 3. The highest BCUT2D eigenvalue weighted by atomic mass is 16.2. The van der Waals surface area contributed by atoms with Crippen molar-refractivity contribution in [3.63, 3.8) is 0 Å². The fourth-order valence-corrected chi connectivity index (χ4v) is 4.90. The summed E-state index contributed by atoms with van der Waals surface area (Å²) in [7, 11) is 0. The summed E-state index contributed by atoms with van der Waals surface area (Å²) in [5.41, 5.74) is 8.24. The average Bonchev–Trinajstić information content (AvgIpc) is 3.27. The normalized spacial score (nSPS) is 11.6. The molecule has 204 valence electrons. The topological polar surface area (TPSA) is 78.1 Å². The van der Waals surface area contributed by atoms with Gasteiger partial charge in [-0.25, -0.2) is 4.98 Å². The highest BCUT2D eigenvalue weighted by molar-refractivity contribution is 5.99. The number of hydrogen-bond acceptors (Lipinski definition) is 3. The highest BCUT2D eigenvalue weighted by Gasteiger charge is 2.21. The zero-order valence-electron chi connectivity index (χ0n) is 24.2. The van der Waals surface area contributed by atoms with Crippen molar-refractivity contribution in [2.75, 3.05) is 6.54 Å². The van der Waals surface area contributed by atoms with Crippen molar-refractivity contribution in [1.29, 1.82) is 0 Å². The van der Waals surface area contributed by atoms with Gasteiger partial charge in [0.1, 0.15) is 5.82 Å². The zero-order chi connectivity index (χ0) is 28.3. The van der Waals surface area contributed by atoms with Crippen LogP contribution in [0.3, 0.4) is 0 Å². The molecule has 39 heavy (non-hydrogen) atoms. The average molecular weight is 525 g/mol. The van der Waals surface area contributed by atoms with E-state index in [0.717, 1.165) is 51.1 Å². The van der Waals surface area contributed by atoms with E-state index in [9.17, 15) is 9.59 Å². The first-order valence-corrected chi connectivity index (χ1v) is 13.8. The summed E-state index contributed by atoms with van der Waals surface area (Å²) in [6.45, 7) is 15.2. The number of fused-ring (bicyclic) bond motifs is 1. The van der Waals surface area contributed by atoms with Gasteiger partial charge in [-0.05, 0) is 112 Å². The van der Waals surface area contributed by atoms with Crippen LogP contribution in [-0.4, -0.2) is 38.8 Å². The molecule has 1 heterocycles. The van der Waals surface area contributed by atoms with E-state index in [1.807, 2.05) is 51.7 Å². The Morgan fingerprint density at radius 3 is 2.33 bits per heavy atom. The second-order valence-corrected chi connectivity index (χ2v) is 11.4. The van der Waals surface area contributed by atoms with E-state index in [-0.39, 0.29) is 17.4 Å². The predicted molar refractivity (Wildman–Crippen MR) is 159 cm³/mol. The number of aromatic nitrogens is 2. The number of benzene rings is 3. The van der Waals surface area contributed by atoms with Gasteiger partial charge in [-0.2, -0.15) is 0 Å². The zero-order valence-corrected chi connectivity index (χ0v) is 24.2. The van der Waals surface area contributed by atoms with Gasteiger partial charge in [0.25, 0.3) is 11.8 Å². The summed E-state index contributed by atoms with van der Waals surface area (Å²) in [6, 6.07) is 18.2. The lowest BCUT2D eigenvalue weighted by Crippen LogP contribution is -2.41. The summed E-state index contributed by atoms with van der Waals surface area (Å²) in [5, 5.41) is 3.03. The van der Waals surface area contributed by atoms with E-state index in [4.69, 9.17) is 0 Å². The summed E-state index contributed by atoms with van der Waals surface area (Å²) >= 11 is 0. The van der Waals surface area contributed by atoms with Gasteiger partial charge in [0.15, 0.2) is 0 Å². The number of hydrogen-bond donors (Lipinski definition) is 2. The van der Waals surface area contributed by atoms with Gasteiger partial charge in [-0.1, -0.05) is 32.0 Å². The standard InChI is InChI=1S/C33H40N4O2/c1-8-16-37(32(39)26-12-14-28(23(9-2)17-26)31(38)36-33(5,6)7)20-27-18-24(11-10-21(27)3)25-13-15-29-30(19-25)35-22(4)34-29/h10-15,17-19H,8-9,16,20H2,1-7H3,(H,34,35)(H,36,38). The van der Waals surface area contributed by atoms with E-state index >= 15 is 0 Å². The molecule has 6 nitrogen and oxygen atoms in total. The Bertz CT molecular complexity index is 1510. The maximum absolute atomic E-state index is 13.7. The lowest BCUT2D eigenvalue weighted by molar-refractivity contribution is 0.0742. The molecule has 4 rings (SSSR count). The predicted octanol–water partition coefficient (Wildman–Crippen LogP) is 6.99. The van der Waals surface area contributed by atoms with Crippen LogP contribution in [-0.2, 0) is 13.0 Å². The molecule has 6 heteroatoms. The number of imidazole rings is 1. The van der Waals surface area contributed by atoms with Crippen LogP contribution in [0.1, 0.15) is 84.3 Å². The van der Waals surface area contributed by atoms with E-state index < -0.39 is 0 Å². The molecular weight excluding hydrogens is 484 g/mol. The van der Waals surface area contributed by atoms with Gasteiger partial charge in [0, 0.05) is 29.8 Å². The Hall–Kier alpha value is -3.93. The van der Waals surface area contributed by atoms with Crippen molar-refractivity contribution in [2.45, 2.75) is 73.4 Å². The monoisotopic (exact) mass is 524 g/mol. The lowest BCUT2D eigenvalue weighted by Gasteiger charge is -2.25. The van der Waals surface area contributed by atoms with Crippen molar-refractivity contribution in [1.82, 2.24) is 20.2 Å². The smallest absolute Gasteiger partial charge is 0.254 e. The Balaban J connectivity index is 1.61. The molecule has 0 fully saturated rings. The first-order valence-electron chi connectivity index (χ1n) is 13.8. The molecule has 0 aliphatic carbocycles. The number of carbonyl (C=O) groups excluding carboxylic acids is 2. The van der Waals surface area contributed by atoms with Crippen LogP contribution < -0.4 is 5.32 Å². The molecule has 1 aromatic heterocycles. The summed E-state index contributed by atoms with van der Waals surface area (Å²) in [4.78, 5) is 36.3. The van der Waals surface area contributed by atoms with Crippen LogP contribution in [0.15, 0.2) is 54.6 Å². The SMILES string of the molecule is CCCN(Cc1cc(-c2ccc3nc(C)[nH]c3c2)ccc1C)C(=O)c1ccc(C(=O)NC(C)(C)C)c(CC)c1. The van der Waals surface area contributed by atoms with Crippen LogP contribution in [0.4, 0.5) is 0 Å². The molecular formula is C33H40N4O2. The van der Waals surface area contributed by atoms with Crippen molar-refractivity contribution in [2.24, 2.45) is 0 Å². The van der Waals surface area contributed by atoms with Crippen LogP contribution in [0.5, 0.6) is 0 Å². The summed E-state index contributed by atoms with van der Waals surface area (Å²) in [6.07, 6.45) is 1.52. The molecule has 0 radical (unpaired) electrons. The molecule has 2 amide bonds. The lowest BCUT2D eigenvalue weighted by atomic mass is 9.98. The van der Waals surface area contributed by atoms with Gasteiger partial charge in [-0.3, -0.25) is 9.59 Å². The third kappa shape index (κ3) is 6.56. The van der Waals surface area contributed by atoms with Gasteiger partial charge in [0.2, 0.25) is 0 Å². The third-order valence-electron chi connectivity index (χ3n) is 6.89. The first-order chi connectivity index (χ1) is 18.5. The molecule has 0 aliphatic rings. The van der Waals surface area contributed by atoms with Gasteiger partial charge in [0.05, 0.1) is 11.0 Å². The van der Waals surface area contributed by atoms with E-state index in [0.29, 0.717) is 30.6 Å². The fraction of sp³-hybridized carbons (Fsp3) is 0.364. The molecule has 0 saturated carbocycles. The largest absolute Gasteiger partial charge is 0.347 e. The van der Waals surface area contributed by atoms with Crippen molar-refractivity contribution >= 4 is 22.8 Å². The minimum atomic E-state index is -0.329. The fourth-order valence-electron chi connectivity index (χ4n) is 4.90. The minimum Gasteiger partial charge on any atom is -0.347 e. The van der Waals surface area contributed by atoms with Crippen LogP contribution in [0.25, 0.3) is 22.2 Å². The Morgan fingerprint density at radius 2 is 1.64 bits per heavy atom. The highest BCUT2D eigenvalue weighted by Crippen LogP contribution is 2.27. The molecule has 0 bridgehead atoms. The number of nitrogens with one attached hydrogen (secondary N) is 2. The Morgan fingerprint density at radius 1 is 0.923 bits per heavy atom.